The number of aromatic carboxylic acids is 1. The number of aromatic nitrogens is 1. The molecule has 1 aromatic heterocycles. The van der Waals surface area contributed by atoms with E-state index in [0.29, 0.717) is 5.69 Å². The molecular weight excluding hydrogens is 238 g/mol. The van der Waals surface area contributed by atoms with Gasteiger partial charge in [0.05, 0.1) is 5.52 Å². The van der Waals surface area contributed by atoms with Crippen molar-refractivity contribution in [2.24, 2.45) is 7.05 Å². The Morgan fingerprint density at radius 2 is 1.79 bits per heavy atom. The molecule has 3 rings (SSSR count). The van der Waals surface area contributed by atoms with Crippen molar-refractivity contribution in [3.8, 4) is 11.1 Å². The third-order valence-electron chi connectivity index (χ3n) is 3.36. The molecule has 0 unspecified atom stereocenters. The molecule has 0 atom stereocenters. The van der Waals surface area contributed by atoms with Crippen molar-refractivity contribution >= 4 is 16.9 Å². The van der Waals surface area contributed by atoms with Crippen molar-refractivity contribution in [3.05, 3.63) is 60.3 Å². The fraction of sp³-hybridized carbons (Fsp3) is 0.0625. The van der Waals surface area contributed by atoms with Gasteiger partial charge in [0.2, 0.25) is 0 Å². The summed E-state index contributed by atoms with van der Waals surface area (Å²) in [6.07, 6.45) is 0. The maximum absolute atomic E-state index is 11.2. The van der Waals surface area contributed by atoms with Crippen LogP contribution in [0.15, 0.2) is 54.6 Å². The standard InChI is InChI=1S/C16H13NO2/c1-17-14(16(18)19)10-12-8-5-9-13(15(12)17)11-6-3-2-4-7-11/h2-10H,1H3,(H,18,19). The van der Waals surface area contributed by atoms with Gasteiger partial charge < -0.3 is 9.67 Å². The number of para-hydroxylation sites is 1. The number of hydrogen-bond donors (Lipinski definition) is 1. The average Bonchev–Trinajstić information content (AvgIpc) is 2.78. The smallest absolute Gasteiger partial charge is 0.352 e. The number of rotatable bonds is 2. The van der Waals surface area contributed by atoms with Crippen LogP contribution in [-0.2, 0) is 7.05 Å². The first kappa shape index (κ1) is 11.5. The molecule has 0 amide bonds. The molecule has 19 heavy (non-hydrogen) atoms. The number of nitrogens with zero attached hydrogens (tertiary/aromatic N) is 1. The molecule has 3 heteroatoms. The van der Waals surface area contributed by atoms with Gasteiger partial charge in [0.25, 0.3) is 0 Å². The number of carboxylic acids is 1. The summed E-state index contributed by atoms with van der Waals surface area (Å²) in [7, 11) is 1.79. The number of hydrogen-bond acceptors (Lipinski definition) is 1. The second-order valence-corrected chi connectivity index (χ2v) is 4.50. The Morgan fingerprint density at radius 3 is 2.47 bits per heavy atom. The van der Waals surface area contributed by atoms with Gasteiger partial charge in [0, 0.05) is 18.0 Å². The molecule has 0 bridgehead atoms. The van der Waals surface area contributed by atoms with Crippen LogP contribution in [0.2, 0.25) is 0 Å². The van der Waals surface area contributed by atoms with Crippen LogP contribution in [0.1, 0.15) is 10.5 Å². The van der Waals surface area contributed by atoms with Crippen molar-refractivity contribution in [3.63, 3.8) is 0 Å². The third-order valence-corrected chi connectivity index (χ3v) is 3.36. The van der Waals surface area contributed by atoms with Crippen LogP contribution in [0.4, 0.5) is 0 Å². The second kappa shape index (κ2) is 4.28. The highest BCUT2D eigenvalue weighted by molar-refractivity contribution is 6.00. The zero-order chi connectivity index (χ0) is 13.4. The van der Waals surface area contributed by atoms with Crippen LogP contribution in [-0.4, -0.2) is 15.6 Å². The number of benzene rings is 2. The summed E-state index contributed by atoms with van der Waals surface area (Å²) < 4.78 is 1.74. The molecule has 0 spiro atoms. The molecule has 94 valence electrons. The van der Waals surface area contributed by atoms with E-state index in [1.165, 1.54) is 0 Å². The first-order chi connectivity index (χ1) is 9.18. The van der Waals surface area contributed by atoms with E-state index in [-0.39, 0.29) is 0 Å². The molecule has 2 aromatic carbocycles. The van der Waals surface area contributed by atoms with Crippen LogP contribution in [0, 0.1) is 0 Å². The highest BCUT2D eigenvalue weighted by Crippen LogP contribution is 2.30. The molecule has 0 aliphatic rings. The lowest BCUT2D eigenvalue weighted by molar-refractivity contribution is 0.0687. The fourth-order valence-electron chi connectivity index (χ4n) is 2.47. The highest BCUT2D eigenvalue weighted by Gasteiger charge is 2.14. The first-order valence-corrected chi connectivity index (χ1v) is 6.05. The van der Waals surface area contributed by atoms with Gasteiger partial charge >= 0.3 is 5.97 Å². The van der Waals surface area contributed by atoms with E-state index in [4.69, 9.17) is 0 Å². The average molecular weight is 251 g/mol. The van der Waals surface area contributed by atoms with Gasteiger partial charge in [-0.25, -0.2) is 4.79 Å². The summed E-state index contributed by atoms with van der Waals surface area (Å²) in [6, 6.07) is 17.6. The predicted octanol–water partition coefficient (Wildman–Crippen LogP) is 3.54. The Morgan fingerprint density at radius 1 is 1.05 bits per heavy atom. The Balaban J connectivity index is 2.35. The molecule has 0 fully saturated rings. The molecule has 3 nitrogen and oxygen atoms in total. The maximum Gasteiger partial charge on any atom is 0.352 e. The number of fused-ring (bicyclic) bond motifs is 1. The van der Waals surface area contributed by atoms with Crippen molar-refractivity contribution in [2.75, 3.05) is 0 Å². The molecule has 0 radical (unpaired) electrons. The monoisotopic (exact) mass is 251 g/mol. The van der Waals surface area contributed by atoms with E-state index in [0.717, 1.165) is 22.0 Å². The van der Waals surface area contributed by atoms with Crippen LogP contribution in [0.5, 0.6) is 0 Å². The molecular formula is C16H13NO2. The van der Waals surface area contributed by atoms with Gasteiger partial charge in [-0.2, -0.15) is 0 Å². The third kappa shape index (κ3) is 1.80. The molecule has 0 saturated carbocycles. The van der Waals surface area contributed by atoms with Gasteiger partial charge in [-0.1, -0.05) is 48.5 Å². The summed E-state index contributed by atoms with van der Waals surface area (Å²) in [4.78, 5) is 11.2. The summed E-state index contributed by atoms with van der Waals surface area (Å²) in [6.45, 7) is 0. The van der Waals surface area contributed by atoms with Crippen LogP contribution >= 0.6 is 0 Å². The van der Waals surface area contributed by atoms with E-state index in [9.17, 15) is 9.90 Å². The quantitative estimate of drug-likeness (QED) is 0.756. The second-order valence-electron chi connectivity index (χ2n) is 4.50. The number of aryl methyl sites for hydroxylation is 1. The Kier molecular flexibility index (Phi) is 2.60. The molecule has 0 aliphatic heterocycles. The molecule has 1 heterocycles. The maximum atomic E-state index is 11.2. The minimum absolute atomic E-state index is 0.304. The van der Waals surface area contributed by atoms with E-state index >= 15 is 0 Å². The lowest BCUT2D eigenvalue weighted by atomic mass is 10.0. The van der Waals surface area contributed by atoms with Gasteiger partial charge in [-0.05, 0) is 11.6 Å². The topological polar surface area (TPSA) is 42.2 Å². The van der Waals surface area contributed by atoms with Crippen LogP contribution in [0.3, 0.4) is 0 Å². The molecule has 0 aliphatic carbocycles. The van der Waals surface area contributed by atoms with E-state index in [1.54, 1.807) is 17.7 Å². The lowest BCUT2D eigenvalue weighted by Crippen LogP contribution is -2.04. The SMILES string of the molecule is Cn1c(C(=O)O)cc2cccc(-c3ccccc3)c21. The zero-order valence-corrected chi connectivity index (χ0v) is 10.5. The highest BCUT2D eigenvalue weighted by atomic mass is 16.4. The minimum atomic E-state index is -0.905. The largest absolute Gasteiger partial charge is 0.477 e. The molecule has 1 N–H and O–H groups in total. The lowest BCUT2D eigenvalue weighted by Gasteiger charge is -2.07. The Bertz CT molecular complexity index is 757. The van der Waals surface area contributed by atoms with Gasteiger partial charge in [0.1, 0.15) is 5.69 Å². The van der Waals surface area contributed by atoms with Crippen molar-refractivity contribution in [1.82, 2.24) is 4.57 Å². The predicted molar refractivity (Wildman–Crippen MR) is 75.3 cm³/mol. The van der Waals surface area contributed by atoms with E-state index < -0.39 is 5.97 Å². The summed E-state index contributed by atoms with van der Waals surface area (Å²) >= 11 is 0. The molecule has 3 aromatic rings. The van der Waals surface area contributed by atoms with E-state index in [2.05, 4.69) is 0 Å². The number of carbonyl (C=O) groups is 1. The summed E-state index contributed by atoms with van der Waals surface area (Å²) in [5, 5.41) is 10.2. The fourth-order valence-corrected chi connectivity index (χ4v) is 2.47. The van der Waals surface area contributed by atoms with Gasteiger partial charge in [0.15, 0.2) is 0 Å². The van der Waals surface area contributed by atoms with E-state index in [1.807, 2.05) is 48.5 Å². The van der Waals surface area contributed by atoms with Gasteiger partial charge in [-0.3, -0.25) is 0 Å². The normalized spacial score (nSPS) is 10.8. The summed E-state index contributed by atoms with van der Waals surface area (Å²) in [5.41, 5.74) is 3.39. The Labute approximate surface area is 110 Å². The Hall–Kier alpha value is -2.55. The zero-order valence-electron chi connectivity index (χ0n) is 10.5. The number of carboxylic acid groups (broad SMARTS) is 1. The van der Waals surface area contributed by atoms with Crippen molar-refractivity contribution < 1.29 is 9.90 Å². The van der Waals surface area contributed by atoms with Gasteiger partial charge in [-0.15, -0.1) is 0 Å². The first-order valence-electron chi connectivity index (χ1n) is 6.05. The van der Waals surface area contributed by atoms with Crippen LogP contribution < -0.4 is 0 Å². The summed E-state index contributed by atoms with van der Waals surface area (Å²) in [5.74, 6) is -0.905. The molecule has 0 saturated heterocycles. The minimum Gasteiger partial charge on any atom is -0.477 e. The van der Waals surface area contributed by atoms with Crippen LogP contribution in [0.25, 0.3) is 22.0 Å². The van der Waals surface area contributed by atoms with Crippen molar-refractivity contribution in [1.29, 1.82) is 0 Å². The van der Waals surface area contributed by atoms with Crippen molar-refractivity contribution in [2.45, 2.75) is 0 Å².